The minimum atomic E-state index is -1.10. The minimum absolute atomic E-state index is 0.102. The molecule has 1 saturated heterocycles. The van der Waals surface area contributed by atoms with Crippen LogP contribution in [0.4, 0.5) is 0 Å². The number of carboxylic acids is 1. The van der Waals surface area contributed by atoms with E-state index >= 15 is 0 Å². The van der Waals surface area contributed by atoms with E-state index in [1.807, 2.05) is 38.2 Å². The molecule has 0 spiro atoms. The van der Waals surface area contributed by atoms with Gasteiger partial charge in [0.05, 0.1) is 6.04 Å². The molecule has 1 aromatic carbocycles. The first kappa shape index (κ1) is 18.0. The van der Waals surface area contributed by atoms with Crippen molar-refractivity contribution >= 4 is 11.9 Å². The van der Waals surface area contributed by atoms with E-state index in [1.165, 1.54) is 6.07 Å². The van der Waals surface area contributed by atoms with Gasteiger partial charge in [-0.25, -0.2) is 4.79 Å². The number of piperazine rings is 1. The van der Waals surface area contributed by atoms with Gasteiger partial charge >= 0.3 is 5.97 Å². The first-order chi connectivity index (χ1) is 12.4. The Balaban J connectivity index is 1.54. The van der Waals surface area contributed by atoms with Crippen LogP contribution in [0.5, 0.6) is 5.75 Å². The Labute approximate surface area is 151 Å². The number of hydrogen-bond acceptors (Lipinski definition) is 5. The van der Waals surface area contributed by atoms with E-state index in [4.69, 9.17) is 14.3 Å². The lowest BCUT2D eigenvalue weighted by atomic mass is 10.1. The van der Waals surface area contributed by atoms with E-state index in [0.29, 0.717) is 18.1 Å². The molecule has 7 nitrogen and oxygen atoms in total. The fourth-order valence-electron chi connectivity index (χ4n) is 2.92. The maximum Gasteiger partial charge on any atom is 0.371 e. The number of amides is 1. The molecule has 1 aromatic heterocycles. The summed E-state index contributed by atoms with van der Waals surface area (Å²) in [5, 5.41) is 8.84. The number of furan rings is 1. The van der Waals surface area contributed by atoms with Crippen molar-refractivity contribution in [1.82, 2.24) is 9.80 Å². The van der Waals surface area contributed by atoms with Crippen LogP contribution in [0.3, 0.4) is 0 Å². The van der Waals surface area contributed by atoms with Gasteiger partial charge in [0.1, 0.15) is 18.1 Å². The van der Waals surface area contributed by atoms with Crippen LogP contribution in [0, 0.1) is 0 Å². The van der Waals surface area contributed by atoms with Crippen LogP contribution >= 0.6 is 0 Å². The van der Waals surface area contributed by atoms with Crippen LogP contribution in [0.1, 0.15) is 28.8 Å². The van der Waals surface area contributed by atoms with Crippen molar-refractivity contribution in [2.24, 2.45) is 0 Å². The molecule has 0 saturated carbocycles. The molecule has 1 unspecified atom stereocenters. The van der Waals surface area contributed by atoms with Crippen molar-refractivity contribution in [3.05, 3.63) is 53.5 Å². The number of likely N-dealkylation sites (N-methyl/N-ethyl adjacent to an activating group) is 1. The molecule has 1 N–H and O–H groups in total. The van der Waals surface area contributed by atoms with Gasteiger partial charge in [-0.2, -0.15) is 0 Å². The molecular formula is C19H22N2O5. The Bertz CT molecular complexity index is 783. The van der Waals surface area contributed by atoms with E-state index in [1.54, 1.807) is 11.0 Å². The van der Waals surface area contributed by atoms with E-state index < -0.39 is 5.97 Å². The molecule has 1 aliphatic heterocycles. The fourth-order valence-corrected chi connectivity index (χ4v) is 2.92. The van der Waals surface area contributed by atoms with E-state index in [-0.39, 0.29) is 24.3 Å². The van der Waals surface area contributed by atoms with E-state index in [2.05, 4.69) is 4.90 Å². The molecule has 2 aromatic rings. The number of nitrogens with zero attached hydrogens (tertiary/aromatic N) is 2. The van der Waals surface area contributed by atoms with Gasteiger partial charge in [0.15, 0.2) is 0 Å². The summed E-state index contributed by atoms with van der Waals surface area (Å²) in [6.07, 6.45) is 0. The Morgan fingerprint density at radius 1 is 1.23 bits per heavy atom. The summed E-state index contributed by atoms with van der Waals surface area (Å²) >= 11 is 0. The lowest BCUT2D eigenvalue weighted by molar-refractivity contribution is -0.139. The van der Waals surface area contributed by atoms with Crippen molar-refractivity contribution < 1.29 is 23.8 Å². The SMILES string of the molecule is CC1C(=O)N(C)CCN1Cc1ccc(OCc2ccc(C(=O)O)o2)cc1. The zero-order chi connectivity index (χ0) is 18.7. The molecule has 1 fully saturated rings. The van der Waals surface area contributed by atoms with Gasteiger partial charge in [-0.05, 0) is 36.8 Å². The molecule has 0 radical (unpaired) electrons. The maximum atomic E-state index is 12.1. The van der Waals surface area contributed by atoms with Crippen molar-refractivity contribution in [3.63, 3.8) is 0 Å². The third-order valence-corrected chi connectivity index (χ3v) is 4.57. The summed E-state index contributed by atoms with van der Waals surface area (Å²) in [6, 6.07) is 10.5. The standard InChI is InChI=1S/C19H22N2O5/c1-13-18(22)20(2)9-10-21(13)11-14-3-5-15(6-4-14)25-12-16-7-8-17(26-16)19(23)24/h3-8,13H,9-12H2,1-2H3,(H,23,24). The van der Waals surface area contributed by atoms with Crippen LogP contribution in [0.25, 0.3) is 0 Å². The molecule has 1 aliphatic rings. The lowest BCUT2D eigenvalue weighted by Crippen LogP contribution is -2.53. The third-order valence-electron chi connectivity index (χ3n) is 4.57. The average molecular weight is 358 g/mol. The predicted octanol–water partition coefficient (Wildman–Crippen LogP) is 2.22. The first-order valence-corrected chi connectivity index (χ1v) is 8.47. The van der Waals surface area contributed by atoms with Crippen molar-refractivity contribution in [2.75, 3.05) is 20.1 Å². The molecule has 1 amide bonds. The molecular weight excluding hydrogens is 336 g/mol. The highest BCUT2D eigenvalue weighted by molar-refractivity contribution is 5.84. The number of ether oxygens (including phenoxy) is 1. The van der Waals surface area contributed by atoms with Gasteiger partial charge < -0.3 is 19.2 Å². The Hall–Kier alpha value is -2.80. The zero-order valence-corrected chi connectivity index (χ0v) is 14.8. The summed E-state index contributed by atoms with van der Waals surface area (Å²) in [7, 11) is 1.83. The molecule has 2 heterocycles. The third kappa shape index (κ3) is 4.05. The summed E-state index contributed by atoms with van der Waals surface area (Å²) in [5.41, 5.74) is 1.10. The van der Waals surface area contributed by atoms with Gasteiger partial charge in [-0.1, -0.05) is 12.1 Å². The van der Waals surface area contributed by atoms with Crippen molar-refractivity contribution in [2.45, 2.75) is 26.1 Å². The number of hydrogen-bond donors (Lipinski definition) is 1. The molecule has 1 atom stereocenters. The smallest absolute Gasteiger partial charge is 0.371 e. The van der Waals surface area contributed by atoms with Gasteiger partial charge in [-0.15, -0.1) is 0 Å². The van der Waals surface area contributed by atoms with Gasteiger partial charge in [-0.3, -0.25) is 9.69 Å². The van der Waals surface area contributed by atoms with Crippen molar-refractivity contribution in [1.29, 1.82) is 0 Å². The monoisotopic (exact) mass is 358 g/mol. The minimum Gasteiger partial charge on any atom is -0.486 e. The van der Waals surface area contributed by atoms with Crippen LogP contribution in [0.15, 0.2) is 40.8 Å². The summed E-state index contributed by atoms with van der Waals surface area (Å²) in [4.78, 5) is 26.8. The summed E-state index contributed by atoms with van der Waals surface area (Å²) < 4.78 is 10.8. The van der Waals surface area contributed by atoms with Crippen molar-refractivity contribution in [3.8, 4) is 5.75 Å². The molecule has 7 heteroatoms. The second-order valence-electron chi connectivity index (χ2n) is 6.41. The Kier molecular flexibility index (Phi) is 5.27. The topological polar surface area (TPSA) is 83.2 Å². The van der Waals surface area contributed by atoms with Crippen LogP contribution in [-0.4, -0.2) is 53.0 Å². The normalized spacial score (nSPS) is 18.2. The number of aromatic carboxylic acids is 1. The summed E-state index contributed by atoms with van der Waals surface area (Å²) in [6.45, 7) is 4.40. The molecule has 26 heavy (non-hydrogen) atoms. The molecule has 0 aliphatic carbocycles. The number of carboxylic acid groups (broad SMARTS) is 1. The van der Waals surface area contributed by atoms with Gasteiger partial charge in [0.2, 0.25) is 11.7 Å². The van der Waals surface area contributed by atoms with Crippen LogP contribution in [0.2, 0.25) is 0 Å². The Morgan fingerprint density at radius 3 is 2.62 bits per heavy atom. The average Bonchev–Trinajstić information content (AvgIpc) is 3.11. The molecule has 3 rings (SSSR count). The summed E-state index contributed by atoms with van der Waals surface area (Å²) in [5.74, 6) is 0.0724. The van der Waals surface area contributed by atoms with Crippen LogP contribution in [-0.2, 0) is 17.9 Å². The molecule has 138 valence electrons. The fraction of sp³-hybridized carbons (Fsp3) is 0.368. The largest absolute Gasteiger partial charge is 0.486 e. The van der Waals surface area contributed by atoms with E-state index in [9.17, 15) is 9.59 Å². The van der Waals surface area contributed by atoms with Gasteiger partial charge in [0, 0.05) is 26.7 Å². The van der Waals surface area contributed by atoms with Gasteiger partial charge in [0.25, 0.3) is 0 Å². The van der Waals surface area contributed by atoms with E-state index in [0.717, 1.165) is 18.7 Å². The molecule has 0 bridgehead atoms. The highest BCUT2D eigenvalue weighted by Crippen LogP contribution is 2.19. The number of rotatable bonds is 6. The second-order valence-corrected chi connectivity index (χ2v) is 6.41. The quantitative estimate of drug-likeness (QED) is 0.852. The zero-order valence-electron chi connectivity index (χ0n) is 14.8. The van der Waals surface area contributed by atoms with Crippen LogP contribution < -0.4 is 4.74 Å². The maximum absolute atomic E-state index is 12.1. The highest BCUT2D eigenvalue weighted by Gasteiger charge is 2.28. The lowest BCUT2D eigenvalue weighted by Gasteiger charge is -2.37. The Morgan fingerprint density at radius 2 is 1.96 bits per heavy atom. The number of benzene rings is 1. The highest BCUT2D eigenvalue weighted by atomic mass is 16.5. The predicted molar refractivity (Wildman–Crippen MR) is 94.0 cm³/mol. The number of carbonyl (C=O) groups is 2. The number of carbonyl (C=O) groups excluding carboxylic acids is 1. The second kappa shape index (κ2) is 7.61. The first-order valence-electron chi connectivity index (χ1n) is 8.47.